The molecule has 0 atom stereocenters. The summed E-state index contributed by atoms with van der Waals surface area (Å²) in [4.78, 5) is 4.56. The predicted molar refractivity (Wildman–Crippen MR) is 66.7 cm³/mol. The van der Waals surface area contributed by atoms with Gasteiger partial charge in [0.25, 0.3) is 0 Å². The second kappa shape index (κ2) is 4.75. The molecular weight excluding hydrogens is 216 g/mol. The summed E-state index contributed by atoms with van der Waals surface area (Å²) in [5.41, 5.74) is 8.67. The zero-order valence-corrected chi connectivity index (χ0v) is 9.82. The molecule has 17 heavy (non-hydrogen) atoms. The summed E-state index contributed by atoms with van der Waals surface area (Å²) in [5, 5.41) is 5.73. The number of nitrogens with one attached hydrogen (secondary N) is 3. The third-order valence-corrected chi connectivity index (χ3v) is 3.47. The molecule has 3 N–H and O–H groups in total. The van der Waals surface area contributed by atoms with Gasteiger partial charge in [0.1, 0.15) is 5.84 Å². The van der Waals surface area contributed by atoms with Gasteiger partial charge in [-0.05, 0) is 24.5 Å². The van der Waals surface area contributed by atoms with Gasteiger partial charge < -0.3 is 0 Å². The number of nitrogens with zero attached hydrogens (tertiary/aromatic N) is 3. The number of aliphatic imine (C=N–C) groups is 1. The van der Waals surface area contributed by atoms with Crippen LogP contribution in [0.2, 0.25) is 0 Å². The van der Waals surface area contributed by atoms with E-state index in [-0.39, 0.29) is 0 Å². The minimum absolute atomic E-state index is 0.819. The minimum atomic E-state index is 0.819. The molecule has 2 aliphatic heterocycles. The fourth-order valence-corrected chi connectivity index (χ4v) is 2.50. The molecule has 0 saturated heterocycles. The highest BCUT2D eigenvalue weighted by Gasteiger charge is 2.19. The monoisotopic (exact) mass is 234 g/mol. The van der Waals surface area contributed by atoms with E-state index in [4.69, 9.17) is 0 Å². The molecule has 0 spiro atoms. The lowest BCUT2D eigenvalue weighted by Gasteiger charge is -2.22. The Hall–Kier alpha value is -1.56. The Morgan fingerprint density at radius 2 is 2.24 bits per heavy atom. The van der Waals surface area contributed by atoms with Gasteiger partial charge in [-0.25, -0.2) is 5.53 Å². The van der Waals surface area contributed by atoms with Crippen molar-refractivity contribution < 1.29 is 0 Å². The molecular formula is C11H18N6. The fourth-order valence-electron chi connectivity index (χ4n) is 2.50. The zero-order chi connectivity index (χ0) is 11.5. The van der Waals surface area contributed by atoms with Gasteiger partial charge in [0.05, 0.1) is 0 Å². The molecule has 3 rings (SSSR count). The van der Waals surface area contributed by atoms with Crippen LogP contribution in [0.1, 0.15) is 32.1 Å². The lowest BCUT2D eigenvalue weighted by atomic mass is 10.0. The van der Waals surface area contributed by atoms with Gasteiger partial charge in [0.15, 0.2) is 5.84 Å². The molecule has 0 amide bonds. The van der Waals surface area contributed by atoms with Gasteiger partial charge in [-0.3, -0.25) is 10.4 Å². The Morgan fingerprint density at radius 1 is 1.35 bits per heavy atom. The summed E-state index contributed by atoms with van der Waals surface area (Å²) in [7, 11) is 0. The molecule has 0 aromatic heterocycles. The molecule has 3 aliphatic rings. The molecule has 1 saturated carbocycles. The van der Waals surface area contributed by atoms with Crippen molar-refractivity contribution in [2.45, 2.75) is 32.1 Å². The first-order valence-corrected chi connectivity index (χ1v) is 6.29. The van der Waals surface area contributed by atoms with Gasteiger partial charge in [0.2, 0.25) is 0 Å². The fraction of sp³-hybridized carbons (Fsp3) is 0.636. The summed E-state index contributed by atoms with van der Waals surface area (Å²) in [6.45, 7) is 0.908. The van der Waals surface area contributed by atoms with Gasteiger partial charge in [-0.2, -0.15) is 5.12 Å². The summed E-state index contributed by atoms with van der Waals surface area (Å²) in [6.07, 6.45) is 10.7. The topological polar surface area (TPSA) is 64.1 Å². The minimum Gasteiger partial charge on any atom is -0.267 e. The number of hydrazone groups is 1. The van der Waals surface area contributed by atoms with Crippen LogP contribution in [0.3, 0.4) is 0 Å². The highest BCUT2D eigenvalue weighted by molar-refractivity contribution is 6.06. The molecule has 92 valence electrons. The molecule has 6 nitrogen and oxygen atoms in total. The molecule has 1 aliphatic carbocycles. The number of hydrogen-bond acceptors (Lipinski definition) is 5. The third-order valence-electron chi connectivity index (χ3n) is 3.47. The van der Waals surface area contributed by atoms with Crippen molar-refractivity contribution in [1.82, 2.24) is 21.6 Å². The smallest absolute Gasteiger partial charge is 0.187 e. The van der Waals surface area contributed by atoms with E-state index in [2.05, 4.69) is 26.6 Å². The molecule has 0 aromatic carbocycles. The Balaban J connectivity index is 1.51. The molecule has 6 heteroatoms. The lowest BCUT2D eigenvalue weighted by molar-refractivity contribution is 0.259. The molecule has 0 aromatic rings. The van der Waals surface area contributed by atoms with Gasteiger partial charge in [-0.1, -0.05) is 25.7 Å². The van der Waals surface area contributed by atoms with E-state index in [0.29, 0.717) is 0 Å². The normalized spacial score (nSPS) is 25.8. The Labute approximate surface area is 101 Å². The van der Waals surface area contributed by atoms with E-state index in [9.17, 15) is 0 Å². The summed E-state index contributed by atoms with van der Waals surface area (Å²) in [6, 6.07) is 0. The predicted octanol–water partition coefficient (Wildman–Crippen LogP) is 0.678. The van der Waals surface area contributed by atoms with Gasteiger partial charge in [-0.15, -0.1) is 10.6 Å². The van der Waals surface area contributed by atoms with Crippen LogP contribution in [0.4, 0.5) is 0 Å². The van der Waals surface area contributed by atoms with Crippen molar-refractivity contribution in [2.24, 2.45) is 16.0 Å². The average molecular weight is 234 g/mol. The second-order valence-electron chi connectivity index (χ2n) is 4.68. The van der Waals surface area contributed by atoms with E-state index in [1.807, 2.05) is 12.2 Å². The number of fused-ring (bicyclic) bond motifs is 1. The highest BCUT2D eigenvalue weighted by atomic mass is 15.9. The number of hydrazine groups is 3. The Bertz CT molecular complexity index is 366. The summed E-state index contributed by atoms with van der Waals surface area (Å²) in [5.74, 6) is 2.61. The lowest BCUT2D eigenvalue weighted by Crippen LogP contribution is -2.53. The highest BCUT2D eigenvalue weighted by Crippen LogP contribution is 2.27. The van der Waals surface area contributed by atoms with Crippen molar-refractivity contribution in [2.75, 3.05) is 6.54 Å². The van der Waals surface area contributed by atoms with Crippen LogP contribution in [0.25, 0.3) is 0 Å². The van der Waals surface area contributed by atoms with E-state index in [1.54, 1.807) is 5.12 Å². The standard InChI is InChI=1S/C11H18N6/c1-2-4-9(3-1)7-8-12-10-5-6-11-13-15-16-17(11)14-10/h5-6,9,15-16H,1-4,7-8H2,(H,12,14). The van der Waals surface area contributed by atoms with Crippen LogP contribution in [-0.2, 0) is 0 Å². The van der Waals surface area contributed by atoms with Crippen LogP contribution in [0.15, 0.2) is 22.2 Å². The Morgan fingerprint density at radius 3 is 3.12 bits per heavy atom. The maximum atomic E-state index is 4.56. The van der Waals surface area contributed by atoms with E-state index < -0.39 is 0 Å². The maximum absolute atomic E-state index is 4.56. The first-order chi connectivity index (χ1) is 8.42. The molecule has 0 unspecified atom stereocenters. The molecule has 0 radical (unpaired) electrons. The van der Waals surface area contributed by atoms with Crippen LogP contribution >= 0.6 is 0 Å². The quantitative estimate of drug-likeness (QED) is 0.672. The van der Waals surface area contributed by atoms with Crippen molar-refractivity contribution in [3.63, 3.8) is 0 Å². The molecule has 1 fully saturated rings. The second-order valence-corrected chi connectivity index (χ2v) is 4.68. The van der Waals surface area contributed by atoms with Crippen molar-refractivity contribution >= 4 is 11.7 Å². The van der Waals surface area contributed by atoms with Gasteiger partial charge in [0, 0.05) is 6.54 Å². The van der Waals surface area contributed by atoms with Crippen molar-refractivity contribution in [3.05, 3.63) is 12.2 Å². The van der Waals surface area contributed by atoms with E-state index >= 15 is 0 Å². The first-order valence-electron chi connectivity index (χ1n) is 6.29. The third kappa shape index (κ3) is 2.41. The largest absolute Gasteiger partial charge is 0.267 e. The maximum Gasteiger partial charge on any atom is 0.187 e. The van der Waals surface area contributed by atoms with Crippen LogP contribution in [0, 0.1) is 5.92 Å². The Kier molecular flexibility index (Phi) is 2.96. The van der Waals surface area contributed by atoms with Crippen molar-refractivity contribution in [1.29, 1.82) is 0 Å². The van der Waals surface area contributed by atoms with Crippen LogP contribution in [-0.4, -0.2) is 23.3 Å². The molecule has 2 heterocycles. The first kappa shape index (κ1) is 10.6. The number of hydrogen-bond donors (Lipinski definition) is 3. The average Bonchev–Trinajstić information content (AvgIpc) is 2.98. The summed E-state index contributed by atoms with van der Waals surface area (Å²) >= 11 is 0. The molecule has 0 bridgehead atoms. The SMILES string of the molecule is C1=CC2=NNNN2NC1=NCCC1CCCC1. The number of amidine groups is 2. The summed E-state index contributed by atoms with van der Waals surface area (Å²) < 4.78 is 0. The number of rotatable bonds is 3. The van der Waals surface area contributed by atoms with Crippen LogP contribution < -0.4 is 16.5 Å². The van der Waals surface area contributed by atoms with E-state index in [0.717, 1.165) is 24.1 Å². The van der Waals surface area contributed by atoms with Crippen LogP contribution in [0.5, 0.6) is 0 Å². The van der Waals surface area contributed by atoms with Crippen molar-refractivity contribution in [3.8, 4) is 0 Å². The van der Waals surface area contributed by atoms with Gasteiger partial charge >= 0.3 is 0 Å². The van der Waals surface area contributed by atoms with E-state index in [1.165, 1.54) is 32.1 Å². The zero-order valence-electron chi connectivity index (χ0n) is 9.82.